The van der Waals surface area contributed by atoms with Gasteiger partial charge in [-0.1, -0.05) is 109 Å². The molecule has 2 heterocycles. The molecule has 0 aliphatic rings. The van der Waals surface area contributed by atoms with Gasteiger partial charge in [-0.05, 0) is 69.4 Å². The first-order valence-electron chi connectivity index (χ1n) is 15.4. The normalized spacial score (nSPS) is 12.0. The van der Waals surface area contributed by atoms with Gasteiger partial charge in [0.2, 0.25) is 0 Å². The van der Waals surface area contributed by atoms with Gasteiger partial charge in [0.1, 0.15) is 0 Å². The quantitative estimate of drug-likeness (QED) is 0.156. The van der Waals surface area contributed by atoms with Crippen molar-refractivity contribution >= 4 is 65.2 Å². The zero-order valence-corrected chi connectivity index (χ0v) is 24.3. The number of hydrogen-bond donors (Lipinski definition) is 0. The van der Waals surface area contributed by atoms with E-state index in [1.165, 1.54) is 59.8 Å². The first-order chi connectivity index (χ1) is 22.3. The van der Waals surface area contributed by atoms with E-state index < -0.39 is 0 Å². The van der Waals surface area contributed by atoms with Gasteiger partial charge < -0.3 is 4.57 Å². The van der Waals surface area contributed by atoms with E-state index in [9.17, 15) is 0 Å². The highest BCUT2D eigenvalue weighted by Gasteiger charge is 2.22. The number of fused-ring (bicyclic) bond motifs is 6. The van der Waals surface area contributed by atoms with Crippen LogP contribution in [-0.4, -0.2) is 14.5 Å². The minimum atomic E-state index is 0.894. The summed E-state index contributed by atoms with van der Waals surface area (Å²) >= 11 is 0. The van der Waals surface area contributed by atoms with E-state index in [0.717, 1.165) is 33.5 Å². The number of aromatic nitrogens is 3. The summed E-state index contributed by atoms with van der Waals surface area (Å²) in [6.45, 7) is 0. The van der Waals surface area contributed by atoms with Crippen LogP contribution in [0.5, 0.6) is 0 Å². The van der Waals surface area contributed by atoms with Gasteiger partial charge >= 0.3 is 0 Å². The number of rotatable bonds is 3. The molecule has 0 aliphatic carbocycles. The van der Waals surface area contributed by atoms with Gasteiger partial charge in [0.15, 0.2) is 0 Å². The van der Waals surface area contributed by atoms with E-state index in [2.05, 4.69) is 126 Å². The molecule has 208 valence electrons. The fourth-order valence-corrected chi connectivity index (χ4v) is 7.35. The second-order valence-electron chi connectivity index (χ2n) is 11.8. The van der Waals surface area contributed by atoms with E-state index in [1.807, 2.05) is 30.3 Å². The van der Waals surface area contributed by atoms with Gasteiger partial charge in [0, 0.05) is 33.0 Å². The lowest BCUT2D eigenvalue weighted by molar-refractivity contribution is 1.19. The molecule has 0 unspecified atom stereocenters. The molecule has 2 aromatic heterocycles. The third-order valence-corrected chi connectivity index (χ3v) is 9.28. The predicted octanol–water partition coefficient (Wildman–Crippen LogP) is 11.0. The van der Waals surface area contributed by atoms with E-state index in [4.69, 9.17) is 9.97 Å². The molecule has 0 fully saturated rings. The Hall–Kier alpha value is -6.06. The summed E-state index contributed by atoms with van der Waals surface area (Å²) < 4.78 is 2.45. The molecule has 0 bridgehead atoms. The molecule has 0 N–H and O–H groups in total. The fourth-order valence-electron chi connectivity index (χ4n) is 7.35. The Labute approximate surface area is 259 Å². The third kappa shape index (κ3) is 3.46. The predicted molar refractivity (Wildman–Crippen MR) is 188 cm³/mol. The van der Waals surface area contributed by atoms with Crippen molar-refractivity contribution in [3.05, 3.63) is 152 Å². The van der Waals surface area contributed by atoms with Crippen molar-refractivity contribution in [3.8, 4) is 28.2 Å². The Morgan fingerprint density at radius 2 is 1.07 bits per heavy atom. The fraction of sp³-hybridized carbons (Fsp3) is 0. The molecule has 10 rings (SSSR count). The van der Waals surface area contributed by atoms with E-state index in [0.29, 0.717) is 0 Å². The van der Waals surface area contributed by atoms with Crippen molar-refractivity contribution in [2.24, 2.45) is 0 Å². The van der Waals surface area contributed by atoms with Gasteiger partial charge in [0.05, 0.1) is 33.5 Å². The van der Waals surface area contributed by atoms with E-state index in [1.54, 1.807) is 0 Å². The zero-order valence-electron chi connectivity index (χ0n) is 24.3. The van der Waals surface area contributed by atoms with Crippen molar-refractivity contribution in [1.29, 1.82) is 0 Å². The van der Waals surface area contributed by atoms with Crippen LogP contribution in [0, 0.1) is 0 Å². The van der Waals surface area contributed by atoms with Crippen LogP contribution in [0.4, 0.5) is 0 Å². The van der Waals surface area contributed by atoms with Crippen LogP contribution >= 0.6 is 0 Å². The number of nitrogens with zero attached hydrogens (tertiary/aromatic N) is 3. The first-order valence-corrected chi connectivity index (χ1v) is 15.4. The van der Waals surface area contributed by atoms with Gasteiger partial charge in [-0.2, -0.15) is 0 Å². The number of para-hydroxylation sites is 3. The molecule has 0 atom stereocenters. The summed E-state index contributed by atoms with van der Waals surface area (Å²) in [5.74, 6) is 0. The first kappa shape index (κ1) is 24.4. The highest BCUT2D eigenvalue weighted by molar-refractivity contribution is 6.38. The van der Waals surface area contributed by atoms with Crippen LogP contribution in [0.15, 0.2) is 152 Å². The molecule has 8 aromatic carbocycles. The minimum absolute atomic E-state index is 0.894. The smallest absolute Gasteiger partial charge is 0.0973 e. The Morgan fingerprint density at radius 3 is 1.87 bits per heavy atom. The molecular weight excluding hydrogens is 546 g/mol. The van der Waals surface area contributed by atoms with Crippen LogP contribution in [-0.2, 0) is 0 Å². The lowest BCUT2D eigenvalue weighted by atomic mass is 9.90. The summed E-state index contributed by atoms with van der Waals surface area (Å²) in [4.78, 5) is 10.4. The molecule has 0 saturated carbocycles. The number of hydrogen-bond acceptors (Lipinski definition) is 2. The third-order valence-electron chi connectivity index (χ3n) is 9.28. The maximum absolute atomic E-state index is 5.22. The standard InChI is InChI=1S/C42H25N3/c1-3-12-26(13-4-1)40-41(44-36-20-10-9-19-35(36)43-40)28-22-23-31-33(25-28)32-18-11-21-37-38(32)39-34(31)24-27-14-7-8-17-30(27)42(39)45(37)29-15-5-2-6-16-29/h1-25H. The Morgan fingerprint density at radius 1 is 0.400 bits per heavy atom. The molecule has 3 nitrogen and oxygen atoms in total. The van der Waals surface area contributed by atoms with Gasteiger partial charge in [-0.25, -0.2) is 9.97 Å². The molecular formula is C42H25N3. The van der Waals surface area contributed by atoms with E-state index in [-0.39, 0.29) is 0 Å². The summed E-state index contributed by atoms with van der Waals surface area (Å²) in [6, 6.07) is 54.0. The van der Waals surface area contributed by atoms with Crippen molar-refractivity contribution in [1.82, 2.24) is 14.5 Å². The molecule has 0 radical (unpaired) electrons. The molecule has 0 spiro atoms. The van der Waals surface area contributed by atoms with Crippen LogP contribution in [0.1, 0.15) is 0 Å². The molecule has 45 heavy (non-hydrogen) atoms. The topological polar surface area (TPSA) is 30.7 Å². The summed E-state index contributed by atoms with van der Waals surface area (Å²) in [5, 5.41) is 10.1. The van der Waals surface area contributed by atoms with Crippen LogP contribution in [0.2, 0.25) is 0 Å². The molecule has 3 heteroatoms. The van der Waals surface area contributed by atoms with Crippen molar-refractivity contribution in [2.45, 2.75) is 0 Å². The van der Waals surface area contributed by atoms with Crippen LogP contribution in [0.3, 0.4) is 0 Å². The number of benzene rings is 8. The second kappa shape index (κ2) is 9.22. The van der Waals surface area contributed by atoms with Crippen molar-refractivity contribution in [2.75, 3.05) is 0 Å². The van der Waals surface area contributed by atoms with Gasteiger partial charge in [0.25, 0.3) is 0 Å². The van der Waals surface area contributed by atoms with Gasteiger partial charge in [-0.15, -0.1) is 0 Å². The maximum atomic E-state index is 5.22. The molecule has 0 aliphatic heterocycles. The monoisotopic (exact) mass is 571 g/mol. The largest absolute Gasteiger partial charge is 0.309 e. The summed E-state index contributed by atoms with van der Waals surface area (Å²) in [7, 11) is 0. The lowest BCUT2D eigenvalue weighted by Gasteiger charge is -2.14. The van der Waals surface area contributed by atoms with Crippen molar-refractivity contribution < 1.29 is 0 Å². The molecule has 10 aromatic rings. The SMILES string of the molecule is c1ccc(-c2nc3ccccc3nc2-c2ccc3c(c2)c2cccc4c2c2c3cc3ccccc3c2n4-c2ccccc2)cc1. The maximum Gasteiger partial charge on any atom is 0.0973 e. The average Bonchev–Trinajstić information content (AvgIpc) is 3.47. The minimum Gasteiger partial charge on any atom is -0.309 e. The van der Waals surface area contributed by atoms with E-state index >= 15 is 0 Å². The second-order valence-corrected chi connectivity index (χ2v) is 11.8. The van der Waals surface area contributed by atoms with Crippen LogP contribution in [0.25, 0.3) is 93.4 Å². The average molecular weight is 572 g/mol. The highest BCUT2D eigenvalue weighted by atomic mass is 15.0. The Kier molecular flexibility index (Phi) is 5.00. The highest BCUT2D eigenvalue weighted by Crippen LogP contribution is 2.47. The Bertz CT molecular complexity index is 2740. The zero-order chi connectivity index (χ0) is 29.5. The van der Waals surface area contributed by atoms with Crippen LogP contribution < -0.4 is 0 Å². The molecule has 0 amide bonds. The summed E-state index contributed by atoms with van der Waals surface area (Å²) in [5.41, 5.74) is 9.35. The Balaban J connectivity index is 1.36. The lowest BCUT2D eigenvalue weighted by Crippen LogP contribution is -1.95. The van der Waals surface area contributed by atoms with Gasteiger partial charge in [-0.3, -0.25) is 0 Å². The summed E-state index contributed by atoms with van der Waals surface area (Å²) in [6.07, 6.45) is 0. The molecule has 0 saturated heterocycles. The van der Waals surface area contributed by atoms with Crippen molar-refractivity contribution in [3.63, 3.8) is 0 Å².